The Kier molecular flexibility index (Phi) is 4.76. The number of carbonyl (C=O) groups is 1. The molecule has 2 rings (SSSR count). The van der Waals surface area contributed by atoms with Gasteiger partial charge < -0.3 is 11.1 Å². The van der Waals surface area contributed by atoms with Gasteiger partial charge in [0.25, 0.3) is 0 Å². The van der Waals surface area contributed by atoms with Crippen LogP contribution >= 0.6 is 0 Å². The molecular weight excluding hydrogens is 260 g/mol. The molecule has 0 bridgehead atoms. The zero-order chi connectivity index (χ0) is 15.3. The number of rotatable bonds is 5. The van der Waals surface area contributed by atoms with Crippen molar-refractivity contribution in [1.29, 1.82) is 0 Å². The molecular formula is C18H22N2O. The van der Waals surface area contributed by atoms with Crippen LogP contribution in [0.3, 0.4) is 0 Å². The Hall–Kier alpha value is -2.13. The lowest BCUT2D eigenvalue weighted by Gasteiger charge is -2.32. The summed E-state index contributed by atoms with van der Waals surface area (Å²) in [7, 11) is 0. The van der Waals surface area contributed by atoms with Crippen molar-refractivity contribution >= 4 is 5.91 Å². The van der Waals surface area contributed by atoms with Gasteiger partial charge in [-0.15, -0.1) is 0 Å². The van der Waals surface area contributed by atoms with Crippen LogP contribution in [0.25, 0.3) is 0 Å². The van der Waals surface area contributed by atoms with Gasteiger partial charge in [0.2, 0.25) is 5.91 Å². The van der Waals surface area contributed by atoms with E-state index in [-0.39, 0.29) is 5.91 Å². The molecule has 0 fully saturated rings. The molecule has 110 valence electrons. The van der Waals surface area contributed by atoms with E-state index in [1.807, 2.05) is 55.5 Å². The van der Waals surface area contributed by atoms with Crippen LogP contribution in [0.5, 0.6) is 0 Å². The monoisotopic (exact) mass is 282 g/mol. The van der Waals surface area contributed by atoms with Crippen molar-refractivity contribution in [3.63, 3.8) is 0 Å². The van der Waals surface area contributed by atoms with Crippen LogP contribution in [-0.2, 0) is 16.8 Å². The van der Waals surface area contributed by atoms with Gasteiger partial charge in [-0.2, -0.15) is 0 Å². The van der Waals surface area contributed by atoms with Gasteiger partial charge in [-0.25, -0.2) is 0 Å². The first-order valence-corrected chi connectivity index (χ1v) is 7.18. The molecule has 0 aromatic heterocycles. The van der Waals surface area contributed by atoms with Gasteiger partial charge in [0.1, 0.15) is 0 Å². The Bertz CT molecular complexity index is 581. The second-order valence-electron chi connectivity index (χ2n) is 5.64. The molecule has 0 aliphatic heterocycles. The van der Waals surface area contributed by atoms with E-state index in [0.29, 0.717) is 0 Å². The molecule has 3 heteroatoms. The number of nitrogens with one attached hydrogen (secondary N) is 1. The first-order chi connectivity index (χ1) is 10.0. The predicted octanol–water partition coefficient (Wildman–Crippen LogP) is 2.61. The van der Waals surface area contributed by atoms with Gasteiger partial charge in [0, 0.05) is 0 Å². The zero-order valence-electron chi connectivity index (χ0n) is 12.5. The Balaban J connectivity index is 2.32. The van der Waals surface area contributed by atoms with Crippen LogP contribution in [0, 0.1) is 0 Å². The van der Waals surface area contributed by atoms with Crippen molar-refractivity contribution < 1.29 is 4.79 Å². The van der Waals surface area contributed by atoms with E-state index >= 15 is 0 Å². The third-order valence-corrected chi connectivity index (χ3v) is 3.62. The van der Waals surface area contributed by atoms with E-state index in [9.17, 15) is 4.79 Å². The lowest BCUT2D eigenvalue weighted by Crippen LogP contribution is -2.50. The minimum Gasteiger partial charge on any atom is -0.345 e. The third-order valence-electron chi connectivity index (χ3n) is 3.62. The molecule has 3 nitrogen and oxygen atoms in total. The van der Waals surface area contributed by atoms with Gasteiger partial charge in [-0.05, 0) is 31.4 Å². The lowest BCUT2D eigenvalue weighted by molar-refractivity contribution is -0.123. The summed E-state index contributed by atoms with van der Waals surface area (Å²) in [6.07, 6.45) is 0.719. The summed E-state index contributed by atoms with van der Waals surface area (Å²) in [6.45, 7) is 3.73. The van der Waals surface area contributed by atoms with E-state index in [1.165, 1.54) is 5.56 Å². The second kappa shape index (κ2) is 6.55. The van der Waals surface area contributed by atoms with Crippen LogP contribution in [-0.4, -0.2) is 11.9 Å². The van der Waals surface area contributed by atoms with E-state index in [2.05, 4.69) is 17.4 Å². The number of hydrogen-bond acceptors (Lipinski definition) is 2. The molecule has 1 unspecified atom stereocenters. The van der Waals surface area contributed by atoms with Crippen molar-refractivity contribution in [1.82, 2.24) is 5.32 Å². The predicted molar refractivity (Wildman–Crippen MR) is 85.7 cm³/mol. The molecule has 0 aliphatic rings. The van der Waals surface area contributed by atoms with Crippen molar-refractivity contribution in [3.05, 3.63) is 71.8 Å². The summed E-state index contributed by atoms with van der Waals surface area (Å²) in [5.41, 5.74) is 7.47. The van der Waals surface area contributed by atoms with E-state index in [0.717, 1.165) is 12.0 Å². The quantitative estimate of drug-likeness (QED) is 0.885. The molecule has 1 amide bonds. The van der Waals surface area contributed by atoms with Gasteiger partial charge in [0.15, 0.2) is 0 Å². The van der Waals surface area contributed by atoms with Gasteiger partial charge in [-0.3, -0.25) is 4.79 Å². The molecule has 0 saturated heterocycles. The number of nitrogens with two attached hydrogens (primary N) is 1. The van der Waals surface area contributed by atoms with Crippen LogP contribution < -0.4 is 11.1 Å². The zero-order valence-corrected chi connectivity index (χ0v) is 12.5. The van der Waals surface area contributed by atoms with Crippen molar-refractivity contribution in [2.24, 2.45) is 5.73 Å². The van der Waals surface area contributed by atoms with E-state index in [1.54, 1.807) is 6.92 Å². The fraction of sp³-hybridized carbons (Fsp3) is 0.278. The Morgan fingerprint density at radius 1 is 1.10 bits per heavy atom. The molecule has 0 aliphatic carbocycles. The number of benzene rings is 2. The number of amides is 1. The van der Waals surface area contributed by atoms with Gasteiger partial charge in [-0.1, -0.05) is 60.7 Å². The largest absolute Gasteiger partial charge is 0.345 e. The SMILES string of the molecule is C[C@@H](N)C(=O)NC(C)(Cc1ccccc1)c1ccccc1. The maximum atomic E-state index is 12.1. The highest BCUT2D eigenvalue weighted by Gasteiger charge is 2.29. The average molecular weight is 282 g/mol. The third kappa shape index (κ3) is 3.92. The molecule has 2 aromatic rings. The average Bonchev–Trinajstić information content (AvgIpc) is 2.49. The summed E-state index contributed by atoms with van der Waals surface area (Å²) in [6, 6.07) is 19.6. The van der Waals surface area contributed by atoms with Gasteiger partial charge >= 0.3 is 0 Å². The number of hydrogen-bond donors (Lipinski definition) is 2. The standard InChI is InChI=1S/C18H22N2O/c1-14(19)17(21)20-18(2,16-11-7-4-8-12-16)13-15-9-5-3-6-10-15/h3-12,14H,13,19H2,1-2H3,(H,20,21)/t14-,18?/m1/s1. The summed E-state index contributed by atoms with van der Waals surface area (Å²) < 4.78 is 0. The summed E-state index contributed by atoms with van der Waals surface area (Å²) in [4.78, 5) is 12.1. The highest BCUT2D eigenvalue weighted by Crippen LogP contribution is 2.25. The topological polar surface area (TPSA) is 55.1 Å². The molecule has 21 heavy (non-hydrogen) atoms. The second-order valence-corrected chi connectivity index (χ2v) is 5.64. The molecule has 0 saturated carbocycles. The highest BCUT2D eigenvalue weighted by molar-refractivity contribution is 5.82. The maximum absolute atomic E-state index is 12.1. The molecule has 0 radical (unpaired) electrons. The first kappa shape index (κ1) is 15.3. The Morgan fingerprint density at radius 2 is 1.62 bits per heavy atom. The number of carbonyl (C=O) groups excluding carboxylic acids is 1. The minimum absolute atomic E-state index is 0.141. The van der Waals surface area contributed by atoms with Gasteiger partial charge in [0.05, 0.1) is 11.6 Å². The van der Waals surface area contributed by atoms with E-state index < -0.39 is 11.6 Å². The molecule has 0 heterocycles. The van der Waals surface area contributed by atoms with Crippen LogP contribution in [0.2, 0.25) is 0 Å². The summed E-state index contributed by atoms with van der Waals surface area (Å²) >= 11 is 0. The van der Waals surface area contributed by atoms with Crippen molar-refractivity contribution in [2.45, 2.75) is 31.8 Å². The van der Waals surface area contributed by atoms with Crippen LogP contribution in [0.4, 0.5) is 0 Å². The highest BCUT2D eigenvalue weighted by atomic mass is 16.2. The Morgan fingerprint density at radius 3 is 2.14 bits per heavy atom. The van der Waals surface area contributed by atoms with Crippen LogP contribution in [0.15, 0.2) is 60.7 Å². The summed E-state index contributed by atoms with van der Waals surface area (Å²) in [5.74, 6) is -0.141. The minimum atomic E-state index is -0.524. The smallest absolute Gasteiger partial charge is 0.237 e. The Labute approximate surface area is 126 Å². The summed E-state index contributed by atoms with van der Waals surface area (Å²) in [5, 5.41) is 3.09. The molecule has 2 aromatic carbocycles. The van der Waals surface area contributed by atoms with Crippen LogP contribution in [0.1, 0.15) is 25.0 Å². The molecule has 0 spiro atoms. The van der Waals surface area contributed by atoms with E-state index in [4.69, 9.17) is 5.73 Å². The first-order valence-electron chi connectivity index (χ1n) is 7.18. The fourth-order valence-corrected chi connectivity index (χ4v) is 2.41. The van der Waals surface area contributed by atoms with Crippen molar-refractivity contribution in [3.8, 4) is 0 Å². The fourth-order valence-electron chi connectivity index (χ4n) is 2.41. The van der Waals surface area contributed by atoms with Crippen molar-refractivity contribution in [2.75, 3.05) is 0 Å². The molecule has 3 N–H and O–H groups in total. The molecule has 2 atom stereocenters. The maximum Gasteiger partial charge on any atom is 0.237 e. The normalized spacial score (nSPS) is 15.0. The lowest BCUT2D eigenvalue weighted by atomic mass is 9.85.